The maximum Gasteiger partial charge on any atom is 0.310 e. The third-order valence-corrected chi connectivity index (χ3v) is 11.7. The Hall–Kier alpha value is -0.0700. The van der Waals surface area contributed by atoms with Crippen molar-refractivity contribution in [1.82, 2.24) is 0 Å². The van der Waals surface area contributed by atoms with Crippen molar-refractivity contribution in [2.24, 2.45) is 10.8 Å². The van der Waals surface area contributed by atoms with Crippen molar-refractivity contribution in [1.29, 1.82) is 0 Å². The van der Waals surface area contributed by atoms with E-state index in [1.807, 2.05) is 26.8 Å². The number of rotatable bonds is 4. The quantitative estimate of drug-likeness (QED) is 0.398. The molecule has 2 nitrogen and oxygen atoms in total. The largest absolute Gasteiger partial charge is 0.481 e. The monoisotopic (exact) mass is 564 g/mol. The van der Waals surface area contributed by atoms with Crippen LogP contribution in [0.1, 0.15) is 37.5 Å². The Bertz CT molecular complexity index is 981. The number of halogens is 4. The van der Waals surface area contributed by atoms with Crippen LogP contribution in [0.3, 0.4) is 0 Å². The molecule has 1 unspecified atom stereocenters. The van der Waals surface area contributed by atoms with Gasteiger partial charge >= 0.3 is 5.97 Å². The minimum absolute atomic E-state index is 0.511. The van der Waals surface area contributed by atoms with Crippen LogP contribution in [-0.2, 0) is 23.1 Å². The molecule has 2 aromatic rings. The zero-order chi connectivity index (χ0) is 20.7. The molecule has 4 rings (SSSR count). The van der Waals surface area contributed by atoms with E-state index in [0.29, 0.717) is 0 Å². The lowest BCUT2D eigenvalue weighted by atomic mass is 9.76. The number of aryl methyl sites for hydroxylation is 1. The third-order valence-electron chi connectivity index (χ3n) is 7.29. The Balaban J connectivity index is 2.03. The minimum atomic E-state index is -1.32. The summed E-state index contributed by atoms with van der Waals surface area (Å²) in [5.41, 5.74) is 2.44. The van der Waals surface area contributed by atoms with Crippen LogP contribution < -0.4 is 0 Å². The lowest BCUT2D eigenvalue weighted by Crippen LogP contribution is -2.40. The predicted molar refractivity (Wildman–Crippen MR) is 124 cm³/mol. The fourth-order valence-corrected chi connectivity index (χ4v) is 8.55. The Morgan fingerprint density at radius 2 is 1.93 bits per heavy atom. The van der Waals surface area contributed by atoms with Gasteiger partial charge in [-0.05, 0) is 74.8 Å². The van der Waals surface area contributed by atoms with Crippen LogP contribution in [0.4, 0.5) is 0 Å². The Morgan fingerprint density at radius 1 is 1.25 bits per heavy atom. The molecule has 1 aromatic carbocycles. The lowest BCUT2D eigenvalue weighted by molar-refractivity contribution is -0.144. The molecule has 1 N–H and O–H groups in total. The number of aliphatic carboxylic acids is 1. The zero-order valence-electron chi connectivity index (χ0n) is 15.7. The first-order valence-electron chi connectivity index (χ1n) is 9.05. The maximum atomic E-state index is 12.5. The number of benzene rings is 1. The van der Waals surface area contributed by atoms with E-state index in [1.54, 1.807) is 11.3 Å². The van der Waals surface area contributed by atoms with Gasteiger partial charge in [0.1, 0.15) is 0 Å². The third kappa shape index (κ3) is 2.40. The average Bonchev–Trinajstić information content (AvgIpc) is 2.94. The van der Waals surface area contributed by atoms with Crippen LogP contribution in [0.2, 0.25) is 0 Å². The van der Waals surface area contributed by atoms with E-state index in [-0.39, 0.29) is 0 Å². The van der Waals surface area contributed by atoms with E-state index in [4.69, 9.17) is 23.2 Å². The highest BCUT2D eigenvalue weighted by Crippen LogP contribution is 2.83. The van der Waals surface area contributed by atoms with E-state index < -0.39 is 30.3 Å². The van der Waals surface area contributed by atoms with Crippen LogP contribution in [-0.4, -0.2) is 19.1 Å². The van der Waals surface area contributed by atoms with Crippen molar-refractivity contribution < 1.29 is 9.90 Å². The highest BCUT2D eigenvalue weighted by Gasteiger charge is 2.87. The van der Waals surface area contributed by atoms with Crippen LogP contribution in [0, 0.1) is 10.8 Å². The van der Waals surface area contributed by atoms with E-state index in [0.717, 1.165) is 18.4 Å². The van der Waals surface area contributed by atoms with Crippen molar-refractivity contribution >= 4 is 72.4 Å². The number of fused-ring (bicyclic) bond motifs is 3. The van der Waals surface area contributed by atoms with Gasteiger partial charge in [-0.1, -0.05) is 71.2 Å². The number of carboxylic acid groups (broad SMARTS) is 1. The molecule has 7 heteroatoms. The van der Waals surface area contributed by atoms with Gasteiger partial charge in [0.15, 0.2) is 3.24 Å². The molecule has 2 aliphatic rings. The van der Waals surface area contributed by atoms with Crippen molar-refractivity contribution in [3.8, 4) is 10.4 Å². The molecule has 1 saturated carbocycles. The van der Waals surface area contributed by atoms with E-state index >= 15 is 0 Å². The summed E-state index contributed by atoms with van der Waals surface area (Å²) in [4.78, 5) is 13.3. The molecule has 1 aromatic heterocycles. The molecule has 150 valence electrons. The molecular weight excluding hydrogens is 547 g/mol. The van der Waals surface area contributed by atoms with Crippen LogP contribution in [0.25, 0.3) is 10.4 Å². The molecule has 0 saturated heterocycles. The molecule has 28 heavy (non-hydrogen) atoms. The summed E-state index contributed by atoms with van der Waals surface area (Å²) in [6.45, 7) is 5.82. The highest BCUT2D eigenvalue weighted by molar-refractivity contribution is 9.13. The van der Waals surface area contributed by atoms with Crippen molar-refractivity contribution in [3.63, 3.8) is 0 Å². The second kappa shape index (κ2) is 6.46. The molecule has 1 fully saturated rings. The molecule has 1 heterocycles. The van der Waals surface area contributed by atoms with E-state index in [9.17, 15) is 9.90 Å². The zero-order valence-corrected chi connectivity index (χ0v) is 21.2. The molecular formula is C21H20Br2Cl2O2S. The summed E-state index contributed by atoms with van der Waals surface area (Å²) in [5.74, 6) is -0.836. The molecule has 3 atom stereocenters. The minimum Gasteiger partial charge on any atom is -0.481 e. The average molecular weight is 567 g/mol. The van der Waals surface area contributed by atoms with Gasteiger partial charge in [0.2, 0.25) is 0 Å². The first-order chi connectivity index (χ1) is 12.9. The second-order valence-electron chi connectivity index (χ2n) is 8.37. The number of hydrogen-bond donors (Lipinski definition) is 1. The van der Waals surface area contributed by atoms with Crippen LogP contribution >= 0.6 is 66.4 Å². The van der Waals surface area contributed by atoms with Crippen LogP contribution in [0.15, 0.2) is 29.6 Å². The van der Waals surface area contributed by atoms with Gasteiger partial charge in [0.05, 0.1) is 10.2 Å². The van der Waals surface area contributed by atoms with Gasteiger partial charge in [-0.15, -0.1) is 11.3 Å². The maximum absolute atomic E-state index is 12.5. The second-order valence-corrected chi connectivity index (χ2v) is 13.8. The van der Waals surface area contributed by atoms with Gasteiger partial charge in [0, 0.05) is 10.3 Å². The van der Waals surface area contributed by atoms with Gasteiger partial charge in [-0.3, -0.25) is 4.79 Å². The smallest absolute Gasteiger partial charge is 0.310 e. The number of carbonyl (C=O) groups is 1. The van der Waals surface area contributed by atoms with E-state index in [2.05, 4.69) is 55.4 Å². The van der Waals surface area contributed by atoms with Gasteiger partial charge in [-0.2, -0.15) is 0 Å². The SMILES string of the molecule is CC1(C)[C@](C)(C(=O)O)[C@@]1(c1cccc2c1CCc1ccsc1-2)C(Br)C(Cl)(Cl)Br. The summed E-state index contributed by atoms with van der Waals surface area (Å²) in [5, 5.41) is 12.4. The number of carboxylic acids is 1. The molecule has 0 spiro atoms. The summed E-state index contributed by atoms with van der Waals surface area (Å²) < 4.78 is -1.32. The number of thiophene rings is 1. The van der Waals surface area contributed by atoms with E-state index in [1.165, 1.54) is 21.6 Å². The standard InChI is InChI=1S/C21H20Br2Cl2O2S/c1-18(2)19(3,17(26)27)20(18,16(22)21(23,24)25)14-6-4-5-13-12(14)8-7-11-9-10-28-15(11)13/h4-6,9-10,16H,7-8H2,1-3H3,(H,26,27)/t16?,19-,20-/m0/s1. The van der Waals surface area contributed by atoms with Crippen molar-refractivity contribution in [3.05, 3.63) is 46.3 Å². The summed E-state index contributed by atoms with van der Waals surface area (Å²) in [6.07, 6.45) is 1.83. The Kier molecular flexibility index (Phi) is 4.89. The van der Waals surface area contributed by atoms with Crippen LogP contribution in [0.5, 0.6) is 0 Å². The lowest BCUT2D eigenvalue weighted by Gasteiger charge is -2.35. The normalized spacial score (nSPS) is 29.0. The van der Waals surface area contributed by atoms with Crippen molar-refractivity contribution in [2.75, 3.05) is 0 Å². The molecule has 0 bridgehead atoms. The molecule has 0 radical (unpaired) electrons. The number of alkyl halides is 4. The Morgan fingerprint density at radius 3 is 2.50 bits per heavy atom. The van der Waals surface area contributed by atoms with Crippen molar-refractivity contribution in [2.45, 2.75) is 47.1 Å². The summed E-state index contributed by atoms with van der Waals surface area (Å²) >= 11 is 21.9. The first kappa shape index (κ1) is 21.2. The molecule has 0 amide bonds. The fourth-order valence-electron chi connectivity index (χ4n) is 5.59. The first-order valence-corrected chi connectivity index (χ1v) is 12.4. The molecule has 2 aliphatic carbocycles. The predicted octanol–water partition coefficient (Wildman–Crippen LogP) is 7.17. The topological polar surface area (TPSA) is 37.3 Å². The Labute approximate surface area is 195 Å². The van der Waals surface area contributed by atoms with Gasteiger partial charge < -0.3 is 5.11 Å². The van der Waals surface area contributed by atoms with Gasteiger partial charge in [-0.25, -0.2) is 0 Å². The fraction of sp³-hybridized carbons (Fsp3) is 0.476. The summed E-state index contributed by atoms with van der Waals surface area (Å²) in [6, 6.07) is 8.41. The number of hydrogen-bond acceptors (Lipinski definition) is 2. The summed E-state index contributed by atoms with van der Waals surface area (Å²) in [7, 11) is 0. The molecule has 0 aliphatic heterocycles. The highest BCUT2D eigenvalue weighted by atomic mass is 79.9. The van der Waals surface area contributed by atoms with Gasteiger partial charge in [0.25, 0.3) is 0 Å².